The molecule has 0 saturated carbocycles. The monoisotopic (exact) mass is 308 g/mol. The van der Waals surface area contributed by atoms with E-state index >= 15 is 0 Å². The van der Waals surface area contributed by atoms with E-state index in [0.29, 0.717) is 19.8 Å². The Labute approximate surface area is 131 Å². The van der Waals surface area contributed by atoms with Crippen LogP contribution in [0.1, 0.15) is 34.6 Å². The van der Waals surface area contributed by atoms with Crippen LogP contribution in [-0.4, -0.2) is 76.7 Å². The first-order valence-corrected chi connectivity index (χ1v) is 7.45. The zero-order chi connectivity index (χ0) is 17.1. The highest BCUT2D eigenvalue weighted by molar-refractivity contribution is 4.57. The van der Waals surface area contributed by atoms with E-state index < -0.39 is 11.8 Å². The van der Waals surface area contributed by atoms with E-state index in [4.69, 9.17) is 18.9 Å². The molecule has 0 aliphatic carbocycles. The van der Waals surface area contributed by atoms with Crippen molar-refractivity contribution in [2.24, 2.45) is 0 Å². The number of rotatable bonds is 9. The summed E-state index contributed by atoms with van der Waals surface area (Å²) in [6.07, 6.45) is 0. The lowest BCUT2D eigenvalue weighted by Gasteiger charge is -2.34. The normalized spacial score (nSPS) is 14.9. The van der Waals surface area contributed by atoms with Gasteiger partial charge in [0.05, 0.1) is 0 Å². The van der Waals surface area contributed by atoms with E-state index in [2.05, 4.69) is 0 Å². The van der Waals surface area contributed by atoms with Gasteiger partial charge in [-0.1, -0.05) is 0 Å². The van der Waals surface area contributed by atoms with Crippen LogP contribution in [-0.2, 0) is 18.9 Å². The van der Waals surface area contributed by atoms with Gasteiger partial charge in [0, 0.05) is 40.8 Å². The third-order valence-corrected chi connectivity index (χ3v) is 3.24. The zero-order valence-electron chi connectivity index (χ0n) is 15.6. The first kappa shape index (κ1) is 23.0. The lowest BCUT2D eigenvalue weighted by molar-refractivity contribution is -0.291. The topological polar surface area (TPSA) is 43.4 Å². The van der Waals surface area contributed by atoms with Gasteiger partial charge in [-0.25, -0.2) is 0 Å². The van der Waals surface area contributed by atoms with E-state index in [1.807, 2.05) is 72.6 Å². The van der Waals surface area contributed by atoms with Crippen LogP contribution >= 0.6 is 0 Å². The molecule has 0 aliphatic heterocycles. The van der Waals surface area contributed by atoms with Crippen molar-refractivity contribution in [3.05, 3.63) is 0 Å². The molecule has 0 radical (unpaired) electrons. The van der Waals surface area contributed by atoms with Crippen LogP contribution in [0, 0.1) is 0 Å². The van der Waals surface area contributed by atoms with E-state index in [-0.39, 0.29) is 0 Å². The standard InChI is InChI=1S/C8H19NO2.C7H17NO2/c1-6-10-8(3,9(4)5)11-7-2;1-6-10-7(2,9-5)8(3)4/h6-7H2,1-5H3;6H2,1-5H3. The van der Waals surface area contributed by atoms with Gasteiger partial charge in [-0.15, -0.1) is 0 Å². The Morgan fingerprint density at radius 2 is 0.952 bits per heavy atom. The molecular formula is C15H36N2O4. The van der Waals surface area contributed by atoms with Crippen LogP contribution in [0.2, 0.25) is 0 Å². The zero-order valence-corrected chi connectivity index (χ0v) is 15.6. The molecule has 0 bridgehead atoms. The highest BCUT2D eigenvalue weighted by Gasteiger charge is 2.27. The molecule has 6 heteroatoms. The predicted molar refractivity (Wildman–Crippen MR) is 86.1 cm³/mol. The van der Waals surface area contributed by atoms with Gasteiger partial charge in [-0.3, -0.25) is 9.80 Å². The fraction of sp³-hybridized carbons (Fsp3) is 1.00. The molecule has 21 heavy (non-hydrogen) atoms. The van der Waals surface area contributed by atoms with Crippen molar-refractivity contribution >= 4 is 0 Å². The van der Waals surface area contributed by atoms with Gasteiger partial charge in [0.15, 0.2) is 0 Å². The van der Waals surface area contributed by atoms with E-state index in [1.54, 1.807) is 7.11 Å². The first-order valence-electron chi connectivity index (χ1n) is 7.45. The molecule has 0 heterocycles. The SMILES string of the molecule is CCOC(C)(OC)N(C)C.CCOC(C)(OCC)N(C)C. The minimum atomic E-state index is -0.575. The third kappa shape index (κ3) is 8.70. The summed E-state index contributed by atoms with van der Waals surface area (Å²) in [5.41, 5.74) is 0. The fourth-order valence-corrected chi connectivity index (χ4v) is 1.47. The van der Waals surface area contributed by atoms with Gasteiger partial charge in [-0.05, 0) is 49.0 Å². The molecule has 6 nitrogen and oxygen atoms in total. The second-order valence-electron chi connectivity index (χ2n) is 5.09. The summed E-state index contributed by atoms with van der Waals surface area (Å²) in [5.74, 6) is -1.14. The predicted octanol–water partition coefficient (Wildman–Crippen LogP) is 2.20. The van der Waals surface area contributed by atoms with E-state index in [1.165, 1.54) is 0 Å². The summed E-state index contributed by atoms with van der Waals surface area (Å²) in [6, 6.07) is 0. The molecule has 0 spiro atoms. The number of nitrogens with zero attached hydrogens (tertiary/aromatic N) is 2. The van der Waals surface area contributed by atoms with Crippen LogP contribution in [0.3, 0.4) is 0 Å². The van der Waals surface area contributed by atoms with Crippen molar-refractivity contribution in [3.63, 3.8) is 0 Å². The molecule has 0 saturated heterocycles. The quantitative estimate of drug-likeness (QED) is 0.608. The van der Waals surface area contributed by atoms with Crippen LogP contribution in [0.5, 0.6) is 0 Å². The Bertz CT molecular complexity index is 244. The van der Waals surface area contributed by atoms with E-state index in [9.17, 15) is 0 Å². The summed E-state index contributed by atoms with van der Waals surface area (Å²) >= 11 is 0. The van der Waals surface area contributed by atoms with Gasteiger partial charge < -0.3 is 18.9 Å². The smallest absolute Gasteiger partial charge is 0.226 e. The Balaban J connectivity index is 0. The van der Waals surface area contributed by atoms with Crippen molar-refractivity contribution in [2.45, 2.75) is 46.4 Å². The molecule has 0 rings (SSSR count). The number of ether oxygens (including phenoxy) is 4. The Hall–Kier alpha value is -0.240. The maximum absolute atomic E-state index is 5.44. The molecule has 0 fully saturated rings. The molecule has 0 aromatic rings. The highest BCUT2D eigenvalue weighted by atomic mass is 16.7. The summed E-state index contributed by atoms with van der Waals surface area (Å²) in [5, 5.41) is 0. The Kier molecular flexibility index (Phi) is 12.4. The molecule has 0 amide bonds. The van der Waals surface area contributed by atoms with Crippen molar-refractivity contribution < 1.29 is 18.9 Å². The highest BCUT2D eigenvalue weighted by Crippen LogP contribution is 2.14. The summed E-state index contributed by atoms with van der Waals surface area (Å²) in [4.78, 5) is 3.80. The van der Waals surface area contributed by atoms with Gasteiger partial charge in [0.1, 0.15) is 0 Å². The van der Waals surface area contributed by atoms with Crippen molar-refractivity contribution in [1.82, 2.24) is 9.80 Å². The molecular weight excluding hydrogens is 272 g/mol. The van der Waals surface area contributed by atoms with Gasteiger partial charge in [0.2, 0.25) is 11.8 Å². The van der Waals surface area contributed by atoms with Crippen molar-refractivity contribution in [3.8, 4) is 0 Å². The summed E-state index contributed by atoms with van der Waals surface area (Å²) < 4.78 is 21.4. The average molecular weight is 308 g/mol. The fourth-order valence-electron chi connectivity index (χ4n) is 1.47. The summed E-state index contributed by atoms with van der Waals surface area (Å²) in [6.45, 7) is 11.6. The minimum Gasteiger partial charge on any atom is -0.341 e. The molecule has 130 valence electrons. The van der Waals surface area contributed by atoms with Crippen LogP contribution in [0.25, 0.3) is 0 Å². The lowest BCUT2D eigenvalue weighted by atomic mass is 10.5. The molecule has 0 aromatic heterocycles. The number of hydrogen-bond donors (Lipinski definition) is 0. The maximum atomic E-state index is 5.44. The molecule has 0 aromatic carbocycles. The van der Waals surface area contributed by atoms with Crippen LogP contribution in [0.4, 0.5) is 0 Å². The average Bonchev–Trinajstić information content (AvgIpc) is 2.39. The van der Waals surface area contributed by atoms with E-state index in [0.717, 1.165) is 0 Å². The Morgan fingerprint density at radius 3 is 1.10 bits per heavy atom. The molecule has 0 N–H and O–H groups in total. The first-order chi connectivity index (χ1) is 9.63. The molecule has 1 atom stereocenters. The van der Waals surface area contributed by atoms with Gasteiger partial charge in [0.25, 0.3) is 0 Å². The largest absolute Gasteiger partial charge is 0.341 e. The second-order valence-corrected chi connectivity index (χ2v) is 5.09. The maximum Gasteiger partial charge on any atom is 0.226 e. The van der Waals surface area contributed by atoms with Gasteiger partial charge in [-0.2, -0.15) is 0 Å². The Morgan fingerprint density at radius 1 is 0.667 bits per heavy atom. The van der Waals surface area contributed by atoms with Crippen LogP contribution < -0.4 is 0 Å². The van der Waals surface area contributed by atoms with Crippen molar-refractivity contribution in [2.75, 3.05) is 55.1 Å². The second kappa shape index (κ2) is 11.3. The number of hydrogen-bond acceptors (Lipinski definition) is 6. The van der Waals surface area contributed by atoms with Crippen LogP contribution in [0.15, 0.2) is 0 Å². The third-order valence-electron chi connectivity index (χ3n) is 3.24. The number of methoxy groups -OCH3 is 1. The lowest BCUT2D eigenvalue weighted by Crippen LogP contribution is -2.46. The van der Waals surface area contributed by atoms with Gasteiger partial charge >= 0.3 is 0 Å². The minimum absolute atomic E-state index is 0.566. The summed E-state index contributed by atoms with van der Waals surface area (Å²) in [7, 11) is 9.34. The molecule has 0 aliphatic rings. The van der Waals surface area contributed by atoms with Crippen molar-refractivity contribution in [1.29, 1.82) is 0 Å². The molecule has 1 unspecified atom stereocenters.